The van der Waals surface area contributed by atoms with Gasteiger partial charge in [-0.25, -0.2) is 4.79 Å². The van der Waals surface area contributed by atoms with Gasteiger partial charge in [-0.3, -0.25) is 0 Å². The van der Waals surface area contributed by atoms with E-state index in [1.165, 1.54) is 18.4 Å². The van der Waals surface area contributed by atoms with Gasteiger partial charge in [-0.1, -0.05) is 32.6 Å². The molecule has 0 aromatic heterocycles. The maximum absolute atomic E-state index is 11.5. The SMILES string of the molecule is C=C(CC[C@@H]1C(=C)CCCC1(C)C)C(=O)OCC. The molecule has 18 heavy (non-hydrogen) atoms. The standard InChI is InChI=1S/C16H26O2/c1-6-18-15(17)13(3)9-10-14-12(2)8-7-11-16(14,4)5/h14H,2-3,6-11H2,1,4-5H3/t14-/m1/s1. The topological polar surface area (TPSA) is 26.3 Å². The van der Waals surface area contributed by atoms with Crippen molar-refractivity contribution in [2.75, 3.05) is 6.61 Å². The van der Waals surface area contributed by atoms with Crippen molar-refractivity contribution in [3.63, 3.8) is 0 Å². The zero-order valence-corrected chi connectivity index (χ0v) is 12.1. The molecule has 0 spiro atoms. The molecule has 0 bridgehead atoms. The highest BCUT2D eigenvalue weighted by Crippen LogP contribution is 2.45. The minimum absolute atomic E-state index is 0.253. The molecule has 0 radical (unpaired) electrons. The fraction of sp³-hybridized carbons (Fsp3) is 0.688. The van der Waals surface area contributed by atoms with E-state index in [0.717, 1.165) is 12.8 Å². The predicted octanol–water partition coefficient (Wildman–Crippen LogP) is 4.27. The van der Waals surface area contributed by atoms with Crippen LogP contribution in [-0.2, 0) is 9.53 Å². The third kappa shape index (κ3) is 3.72. The highest BCUT2D eigenvalue weighted by molar-refractivity contribution is 5.87. The lowest BCUT2D eigenvalue weighted by Gasteiger charge is -2.40. The highest BCUT2D eigenvalue weighted by atomic mass is 16.5. The summed E-state index contributed by atoms with van der Waals surface area (Å²) in [6, 6.07) is 0. The second-order valence-corrected chi connectivity index (χ2v) is 5.92. The second-order valence-electron chi connectivity index (χ2n) is 5.92. The average molecular weight is 250 g/mol. The zero-order valence-electron chi connectivity index (χ0n) is 12.1. The third-order valence-corrected chi connectivity index (χ3v) is 4.05. The number of hydrogen-bond acceptors (Lipinski definition) is 2. The molecular formula is C16H26O2. The molecule has 2 nitrogen and oxygen atoms in total. The summed E-state index contributed by atoms with van der Waals surface area (Å²) in [5, 5.41) is 0. The van der Waals surface area contributed by atoms with Crippen molar-refractivity contribution < 1.29 is 9.53 Å². The first-order valence-corrected chi connectivity index (χ1v) is 6.91. The highest BCUT2D eigenvalue weighted by Gasteiger charge is 2.34. The predicted molar refractivity (Wildman–Crippen MR) is 75.3 cm³/mol. The Labute approximate surface area is 111 Å². The molecular weight excluding hydrogens is 224 g/mol. The first kappa shape index (κ1) is 15.0. The minimum Gasteiger partial charge on any atom is -0.463 e. The molecule has 1 rings (SSSR count). The molecule has 0 aliphatic heterocycles. The van der Waals surface area contributed by atoms with E-state index in [2.05, 4.69) is 27.0 Å². The van der Waals surface area contributed by atoms with Crippen LogP contribution in [0.5, 0.6) is 0 Å². The number of hydrogen-bond donors (Lipinski definition) is 0. The van der Waals surface area contributed by atoms with Crippen LogP contribution in [0.1, 0.15) is 52.9 Å². The van der Waals surface area contributed by atoms with Gasteiger partial charge in [-0.2, -0.15) is 0 Å². The van der Waals surface area contributed by atoms with Gasteiger partial charge in [-0.15, -0.1) is 0 Å². The molecule has 0 N–H and O–H groups in total. The van der Waals surface area contributed by atoms with E-state index in [-0.39, 0.29) is 5.97 Å². The fourth-order valence-corrected chi connectivity index (χ4v) is 2.92. The number of carbonyl (C=O) groups is 1. The van der Waals surface area contributed by atoms with Crippen molar-refractivity contribution in [2.45, 2.75) is 52.9 Å². The van der Waals surface area contributed by atoms with E-state index in [0.29, 0.717) is 29.9 Å². The fourth-order valence-electron chi connectivity index (χ4n) is 2.92. The maximum Gasteiger partial charge on any atom is 0.333 e. The normalized spacial score (nSPS) is 22.6. The Balaban J connectivity index is 2.53. The van der Waals surface area contributed by atoms with Gasteiger partial charge in [0.25, 0.3) is 0 Å². The summed E-state index contributed by atoms with van der Waals surface area (Å²) in [5.74, 6) is 0.245. The largest absolute Gasteiger partial charge is 0.463 e. The van der Waals surface area contributed by atoms with Crippen LogP contribution in [0.3, 0.4) is 0 Å². The zero-order chi connectivity index (χ0) is 13.8. The second kappa shape index (κ2) is 6.21. The van der Waals surface area contributed by atoms with Crippen LogP contribution >= 0.6 is 0 Å². The molecule has 0 heterocycles. The molecule has 1 aliphatic carbocycles. The summed E-state index contributed by atoms with van der Waals surface area (Å²) in [7, 11) is 0. The van der Waals surface area contributed by atoms with Crippen LogP contribution < -0.4 is 0 Å². The lowest BCUT2D eigenvalue weighted by molar-refractivity contribution is -0.138. The van der Waals surface area contributed by atoms with Crippen LogP contribution in [0, 0.1) is 11.3 Å². The first-order valence-electron chi connectivity index (χ1n) is 6.91. The summed E-state index contributed by atoms with van der Waals surface area (Å²) in [5.41, 5.74) is 2.22. The Morgan fingerprint density at radius 1 is 1.50 bits per heavy atom. The molecule has 102 valence electrons. The molecule has 1 aliphatic rings. The molecule has 1 fully saturated rings. The van der Waals surface area contributed by atoms with E-state index in [1.54, 1.807) is 0 Å². The number of esters is 1. The van der Waals surface area contributed by atoms with Gasteiger partial charge in [0.2, 0.25) is 0 Å². The molecule has 1 saturated carbocycles. The summed E-state index contributed by atoms with van der Waals surface area (Å²) >= 11 is 0. The third-order valence-electron chi connectivity index (χ3n) is 4.05. The summed E-state index contributed by atoms with van der Waals surface area (Å²) in [6.45, 7) is 14.9. The molecule has 0 aromatic rings. The Morgan fingerprint density at radius 2 is 2.17 bits per heavy atom. The van der Waals surface area contributed by atoms with E-state index in [4.69, 9.17) is 4.74 Å². The Morgan fingerprint density at radius 3 is 2.72 bits per heavy atom. The summed E-state index contributed by atoms with van der Waals surface area (Å²) in [6.07, 6.45) is 5.28. The molecule has 0 aromatic carbocycles. The first-order chi connectivity index (χ1) is 8.38. The minimum atomic E-state index is -0.253. The molecule has 0 saturated heterocycles. The van der Waals surface area contributed by atoms with Gasteiger partial charge < -0.3 is 4.74 Å². The van der Waals surface area contributed by atoms with Crippen LogP contribution in [-0.4, -0.2) is 12.6 Å². The van der Waals surface area contributed by atoms with Gasteiger partial charge in [0, 0.05) is 5.57 Å². The Hall–Kier alpha value is -1.05. The number of ether oxygens (including phenoxy) is 1. The number of allylic oxidation sites excluding steroid dienone is 1. The van der Waals surface area contributed by atoms with Crippen LogP contribution in [0.25, 0.3) is 0 Å². The Kier molecular flexibility index (Phi) is 5.18. The van der Waals surface area contributed by atoms with Crippen molar-refractivity contribution in [1.82, 2.24) is 0 Å². The van der Waals surface area contributed by atoms with E-state index >= 15 is 0 Å². The maximum atomic E-state index is 11.5. The van der Waals surface area contributed by atoms with E-state index < -0.39 is 0 Å². The molecule has 0 unspecified atom stereocenters. The van der Waals surface area contributed by atoms with Crippen molar-refractivity contribution in [2.24, 2.45) is 11.3 Å². The number of rotatable bonds is 5. The van der Waals surface area contributed by atoms with Crippen molar-refractivity contribution >= 4 is 5.97 Å². The van der Waals surface area contributed by atoms with Crippen molar-refractivity contribution in [1.29, 1.82) is 0 Å². The average Bonchev–Trinajstić information content (AvgIpc) is 2.27. The van der Waals surface area contributed by atoms with Crippen LogP contribution in [0.4, 0.5) is 0 Å². The van der Waals surface area contributed by atoms with Gasteiger partial charge in [0.1, 0.15) is 0 Å². The molecule has 2 heteroatoms. The van der Waals surface area contributed by atoms with Gasteiger partial charge >= 0.3 is 5.97 Å². The smallest absolute Gasteiger partial charge is 0.333 e. The molecule has 1 atom stereocenters. The van der Waals surface area contributed by atoms with E-state index in [1.807, 2.05) is 6.92 Å². The summed E-state index contributed by atoms with van der Waals surface area (Å²) < 4.78 is 4.96. The summed E-state index contributed by atoms with van der Waals surface area (Å²) in [4.78, 5) is 11.5. The van der Waals surface area contributed by atoms with E-state index in [9.17, 15) is 4.79 Å². The van der Waals surface area contributed by atoms with Crippen LogP contribution in [0.2, 0.25) is 0 Å². The Bertz CT molecular complexity index is 339. The van der Waals surface area contributed by atoms with Crippen molar-refractivity contribution in [3.05, 3.63) is 24.3 Å². The van der Waals surface area contributed by atoms with Gasteiger partial charge in [-0.05, 0) is 50.4 Å². The van der Waals surface area contributed by atoms with Gasteiger partial charge in [0.05, 0.1) is 6.61 Å². The monoisotopic (exact) mass is 250 g/mol. The van der Waals surface area contributed by atoms with Crippen LogP contribution in [0.15, 0.2) is 24.3 Å². The lowest BCUT2D eigenvalue weighted by atomic mass is 9.65. The van der Waals surface area contributed by atoms with Gasteiger partial charge in [0.15, 0.2) is 0 Å². The quantitative estimate of drug-likeness (QED) is 0.414. The van der Waals surface area contributed by atoms with Crippen molar-refractivity contribution in [3.8, 4) is 0 Å². The lowest BCUT2D eigenvalue weighted by Crippen LogP contribution is -2.29. The molecule has 0 amide bonds. The number of carbonyl (C=O) groups excluding carboxylic acids is 1.